The van der Waals surface area contributed by atoms with E-state index in [4.69, 9.17) is 33.2 Å². The van der Waals surface area contributed by atoms with E-state index in [1.165, 1.54) is 43.9 Å². The van der Waals surface area contributed by atoms with E-state index in [0.717, 1.165) is 82.8 Å². The molecule has 0 aliphatic carbocycles. The molecular formula is C49H62O12. The van der Waals surface area contributed by atoms with Gasteiger partial charge in [-0.2, -0.15) is 0 Å². The average Bonchev–Trinajstić information content (AvgIpc) is 3.28. The van der Waals surface area contributed by atoms with Gasteiger partial charge in [-0.15, -0.1) is 0 Å². The van der Waals surface area contributed by atoms with E-state index in [1.807, 2.05) is 0 Å². The number of esters is 5. The monoisotopic (exact) mass is 842 g/mol. The van der Waals surface area contributed by atoms with Crippen LogP contribution in [0.2, 0.25) is 0 Å². The summed E-state index contributed by atoms with van der Waals surface area (Å²) in [6, 6.07) is 17.2. The Morgan fingerprint density at radius 2 is 0.836 bits per heavy atom. The second kappa shape index (κ2) is 30.2. The van der Waals surface area contributed by atoms with E-state index in [-0.39, 0.29) is 34.8 Å². The molecule has 0 heterocycles. The van der Waals surface area contributed by atoms with Gasteiger partial charge in [0.1, 0.15) is 28.6 Å². The van der Waals surface area contributed by atoms with Crippen LogP contribution in [0.4, 0.5) is 0 Å². The number of benzene rings is 3. The smallest absolute Gasteiger partial charge is 0.343 e. The maximum Gasteiger partial charge on any atom is 0.343 e. The van der Waals surface area contributed by atoms with Gasteiger partial charge in [-0.05, 0) is 125 Å². The first-order valence-electron chi connectivity index (χ1n) is 21.5. The van der Waals surface area contributed by atoms with Crippen LogP contribution in [0.5, 0.6) is 23.0 Å². The van der Waals surface area contributed by atoms with Crippen LogP contribution in [0.25, 0.3) is 0 Å². The van der Waals surface area contributed by atoms with Crippen molar-refractivity contribution in [1.29, 1.82) is 0 Å². The lowest BCUT2D eigenvalue weighted by Crippen LogP contribution is -2.14. The molecule has 0 bridgehead atoms. The first kappa shape index (κ1) is 49.5. The molecule has 0 fully saturated rings. The molecule has 330 valence electrons. The fraction of sp³-hybridized carbons (Fsp3) is 0.449. The minimum atomic E-state index is -0.706. The minimum absolute atomic E-state index is 0.0389. The summed E-state index contributed by atoms with van der Waals surface area (Å²) in [4.78, 5) is 62.0. The summed E-state index contributed by atoms with van der Waals surface area (Å²) >= 11 is 0. The van der Waals surface area contributed by atoms with Gasteiger partial charge in [0.2, 0.25) is 0 Å². The molecule has 0 radical (unpaired) electrons. The van der Waals surface area contributed by atoms with Gasteiger partial charge in [-0.25, -0.2) is 24.0 Å². The summed E-state index contributed by atoms with van der Waals surface area (Å²) in [6.45, 7) is 10.8. The molecule has 0 spiro atoms. The number of ether oxygens (including phenoxy) is 7. The van der Waals surface area contributed by atoms with Gasteiger partial charge < -0.3 is 33.2 Å². The summed E-state index contributed by atoms with van der Waals surface area (Å²) in [7, 11) is 0. The summed E-state index contributed by atoms with van der Waals surface area (Å²) in [5.41, 5.74) is 0.455. The van der Waals surface area contributed by atoms with Gasteiger partial charge in [0, 0.05) is 12.2 Å². The lowest BCUT2D eigenvalue weighted by atomic mass is 10.1. The van der Waals surface area contributed by atoms with Crippen LogP contribution in [-0.4, -0.2) is 62.9 Å². The zero-order valence-electron chi connectivity index (χ0n) is 35.7. The zero-order valence-corrected chi connectivity index (χ0v) is 35.7. The van der Waals surface area contributed by atoms with Gasteiger partial charge in [0.05, 0.1) is 44.2 Å². The normalized spacial score (nSPS) is 10.6. The molecule has 0 unspecified atom stereocenters. The van der Waals surface area contributed by atoms with E-state index in [2.05, 4.69) is 20.1 Å². The molecule has 61 heavy (non-hydrogen) atoms. The Kier molecular flexibility index (Phi) is 24.5. The van der Waals surface area contributed by atoms with Crippen molar-refractivity contribution in [1.82, 2.24) is 0 Å². The molecule has 0 saturated carbocycles. The summed E-state index contributed by atoms with van der Waals surface area (Å²) in [5, 5.41) is 0. The molecule has 3 rings (SSSR count). The van der Waals surface area contributed by atoms with Crippen LogP contribution >= 0.6 is 0 Å². The second-order valence-corrected chi connectivity index (χ2v) is 14.4. The highest BCUT2D eigenvalue weighted by Gasteiger charge is 2.21. The lowest BCUT2D eigenvalue weighted by Gasteiger charge is -2.13. The van der Waals surface area contributed by atoms with Crippen molar-refractivity contribution >= 4 is 29.8 Å². The lowest BCUT2D eigenvalue weighted by molar-refractivity contribution is -0.138. The van der Waals surface area contributed by atoms with Crippen molar-refractivity contribution in [2.45, 2.75) is 110 Å². The molecule has 3 aromatic carbocycles. The van der Waals surface area contributed by atoms with Crippen molar-refractivity contribution in [3.63, 3.8) is 0 Å². The van der Waals surface area contributed by atoms with Gasteiger partial charge in [0.15, 0.2) is 0 Å². The molecule has 12 nitrogen and oxygen atoms in total. The third-order valence-electron chi connectivity index (χ3n) is 9.43. The summed E-state index contributed by atoms with van der Waals surface area (Å²) in [6.07, 6.45) is 17.7. The molecule has 0 N–H and O–H groups in total. The average molecular weight is 843 g/mol. The molecule has 0 saturated heterocycles. The van der Waals surface area contributed by atoms with Gasteiger partial charge in [0.25, 0.3) is 0 Å². The fourth-order valence-corrected chi connectivity index (χ4v) is 5.96. The first-order valence-corrected chi connectivity index (χ1v) is 21.5. The van der Waals surface area contributed by atoms with Crippen LogP contribution in [0, 0.1) is 0 Å². The topological polar surface area (TPSA) is 150 Å². The van der Waals surface area contributed by atoms with Crippen LogP contribution in [-0.2, 0) is 23.8 Å². The predicted octanol–water partition coefficient (Wildman–Crippen LogP) is 10.8. The van der Waals surface area contributed by atoms with Crippen LogP contribution in [0.1, 0.15) is 141 Å². The summed E-state index contributed by atoms with van der Waals surface area (Å²) in [5.74, 6) is -1.68. The number of carbonyl (C=O) groups excluding carboxylic acids is 5. The van der Waals surface area contributed by atoms with E-state index in [1.54, 1.807) is 48.5 Å². The number of hydrogen-bond acceptors (Lipinski definition) is 12. The van der Waals surface area contributed by atoms with Crippen LogP contribution in [0.3, 0.4) is 0 Å². The van der Waals surface area contributed by atoms with Crippen LogP contribution < -0.4 is 18.9 Å². The van der Waals surface area contributed by atoms with E-state index < -0.39 is 29.8 Å². The van der Waals surface area contributed by atoms with Crippen molar-refractivity contribution in [3.05, 3.63) is 109 Å². The van der Waals surface area contributed by atoms with E-state index in [9.17, 15) is 24.0 Å². The van der Waals surface area contributed by atoms with E-state index >= 15 is 0 Å². The fourth-order valence-electron chi connectivity index (χ4n) is 5.96. The highest BCUT2D eigenvalue weighted by Crippen LogP contribution is 2.28. The number of unbranched alkanes of at least 4 members (excludes halogenated alkanes) is 13. The Balaban J connectivity index is 1.55. The second-order valence-electron chi connectivity index (χ2n) is 14.4. The van der Waals surface area contributed by atoms with Crippen LogP contribution in [0.15, 0.2) is 92.0 Å². The Bertz CT molecular complexity index is 1800. The standard InChI is InChI=1S/C49H62O12/c1-4-7-8-9-10-11-12-21-36-59-49(54)43-37-42(60-47(52)38-22-26-40(27-23-38)55-32-17-13-15-19-34-57-45(50)5-2)30-31-44(43)61-48(53)39-24-28-41(29-25-39)56-33-18-14-16-20-35-58-46(51)6-3/h5-6,22-31,37H,2-4,7-21,32-36H2,1H3. The number of hydrogen-bond donors (Lipinski definition) is 0. The largest absolute Gasteiger partial charge is 0.494 e. The zero-order chi connectivity index (χ0) is 43.9. The van der Waals surface area contributed by atoms with Gasteiger partial charge in [-0.3, -0.25) is 0 Å². The maximum absolute atomic E-state index is 13.4. The first-order chi connectivity index (χ1) is 29.7. The highest BCUT2D eigenvalue weighted by molar-refractivity contribution is 5.97. The molecule has 0 aliphatic heterocycles. The molecule has 0 aromatic heterocycles. The number of rotatable bonds is 32. The van der Waals surface area contributed by atoms with Gasteiger partial charge >= 0.3 is 29.8 Å². The minimum Gasteiger partial charge on any atom is -0.494 e. The van der Waals surface area contributed by atoms with Crippen molar-refractivity contribution in [2.24, 2.45) is 0 Å². The third-order valence-corrected chi connectivity index (χ3v) is 9.43. The summed E-state index contributed by atoms with van der Waals surface area (Å²) < 4.78 is 38.5. The highest BCUT2D eigenvalue weighted by atomic mass is 16.6. The maximum atomic E-state index is 13.4. The molecule has 0 amide bonds. The number of carbonyl (C=O) groups is 5. The van der Waals surface area contributed by atoms with Crippen molar-refractivity contribution in [2.75, 3.05) is 33.0 Å². The van der Waals surface area contributed by atoms with E-state index in [0.29, 0.717) is 44.3 Å². The molecular weight excluding hydrogens is 781 g/mol. The molecule has 0 aliphatic rings. The van der Waals surface area contributed by atoms with Gasteiger partial charge in [-0.1, -0.05) is 65.0 Å². The third kappa shape index (κ3) is 20.8. The van der Waals surface area contributed by atoms with Crippen molar-refractivity contribution < 1.29 is 57.1 Å². The van der Waals surface area contributed by atoms with Crippen molar-refractivity contribution in [3.8, 4) is 23.0 Å². The predicted molar refractivity (Wildman–Crippen MR) is 232 cm³/mol. The Labute approximate surface area is 360 Å². The quantitative estimate of drug-likeness (QED) is 0.0193. The molecule has 0 atom stereocenters. The molecule has 12 heteroatoms. The Morgan fingerprint density at radius 3 is 1.30 bits per heavy atom. The Hall–Kier alpha value is -5.91. The Morgan fingerprint density at radius 1 is 0.443 bits per heavy atom. The molecule has 3 aromatic rings. The SMILES string of the molecule is C=CC(=O)OCCCCCCOc1ccc(C(=O)Oc2ccc(OC(=O)c3ccc(OCCCCCCOC(=O)C=C)cc3)c(C(=O)OCCCCCCCCCC)c2)cc1.